The van der Waals surface area contributed by atoms with Crippen LogP contribution < -0.4 is 4.74 Å². The maximum atomic E-state index is 13.2. The summed E-state index contributed by atoms with van der Waals surface area (Å²) in [4.78, 5) is 26.8. The van der Waals surface area contributed by atoms with Crippen molar-refractivity contribution in [1.82, 2.24) is 24.3 Å². The van der Waals surface area contributed by atoms with E-state index in [0.29, 0.717) is 30.8 Å². The molecule has 3 aromatic rings. The molecule has 0 radical (unpaired) electrons. The summed E-state index contributed by atoms with van der Waals surface area (Å²) in [5, 5.41) is 0.947. The van der Waals surface area contributed by atoms with Crippen molar-refractivity contribution in [1.29, 1.82) is 0 Å². The number of carbonyl (C=O) groups is 1. The van der Waals surface area contributed by atoms with Gasteiger partial charge in [0.05, 0.1) is 23.6 Å². The summed E-state index contributed by atoms with van der Waals surface area (Å²) in [6.07, 6.45) is 7.96. The molecule has 2 aliphatic heterocycles. The van der Waals surface area contributed by atoms with Crippen molar-refractivity contribution < 1.29 is 17.9 Å². The van der Waals surface area contributed by atoms with Gasteiger partial charge in [0.1, 0.15) is 11.6 Å². The largest absolute Gasteiger partial charge is 0.493 e. The van der Waals surface area contributed by atoms with Crippen molar-refractivity contribution >= 4 is 26.6 Å². The van der Waals surface area contributed by atoms with E-state index in [4.69, 9.17) is 9.72 Å². The number of likely N-dealkylation sites (N-methyl/N-ethyl adjacent to an activating group) is 1. The van der Waals surface area contributed by atoms with E-state index in [1.54, 1.807) is 6.20 Å². The Labute approximate surface area is 254 Å². The second kappa shape index (κ2) is 12.7. The number of benzene rings is 1. The fourth-order valence-corrected chi connectivity index (χ4v) is 8.63. The van der Waals surface area contributed by atoms with Crippen molar-refractivity contribution in [2.24, 2.45) is 17.8 Å². The van der Waals surface area contributed by atoms with Crippen LogP contribution in [-0.2, 0) is 14.6 Å². The number of hydrogen-bond donors (Lipinski definition) is 0. The minimum absolute atomic E-state index is 0.0337. The first kappa shape index (κ1) is 29.6. The highest BCUT2D eigenvalue weighted by Gasteiger charge is 2.32. The molecule has 3 fully saturated rings. The lowest BCUT2D eigenvalue weighted by atomic mass is 9.81. The summed E-state index contributed by atoms with van der Waals surface area (Å²) in [6, 6.07) is 10.1. The molecule has 9 nitrogen and oxygen atoms in total. The van der Waals surface area contributed by atoms with Gasteiger partial charge in [0.2, 0.25) is 11.7 Å². The number of aromatic nitrogens is 3. The molecule has 228 valence electrons. The molecule has 2 saturated heterocycles. The molecule has 1 aromatic carbocycles. The second-order valence-corrected chi connectivity index (χ2v) is 14.5. The minimum atomic E-state index is -2.93. The Morgan fingerprint density at radius 1 is 1.09 bits per heavy atom. The van der Waals surface area contributed by atoms with E-state index in [0.717, 1.165) is 74.3 Å². The molecule has 10 heteroatoms. The zero-order valence-electron chi connectivity index (χ0n) is 25.1. The van der Waals surface area contributed by atoms with Crippen molar-refractivity contribution in [3.8, 4) is 23.4 Å². The molecule has 0 N–H and O–H groups in total. The van der Waals surface area contributed by atoms with E-state index in [-0.39, 0.29) is 29.3 Å². The smallest absolute Gasteiger partial charge is 0.225 e. The van der Waals surface area contributed by atoms with Crippen molar-refractivity contribution in [2.75, 3.05) is 44.3 Å². The number of piperazine rings is 1. The predicted molar refractivity (Wildman–Crippen MR) is 167 cm³/mol. The van der Waals surface area contributed by atoms with Gasteiger partial charge in [-0.1, -0.05) is 18.9 Å². The van der Waals surface area contributed by atoms with Crippen molar-refractivity contribution in [3.05, 3.63) is 48.5 Å². The van der Waals surface area contributed by atoms with Gasteiger partial charge in [-0.2, -0.15) is 0 Å². The normalized spacial score (nSPS) is 25.8. The molecule has 1 unspecified atom stereocenters. The lowest BCUT2D eigenvalue weighted by Gasteiger charge is -2.41. The number of fused-ring (bicyclic) bond motifs is 1. The number of amides is 1. The molecular formula is C33H41N5O4S. The average molecular weight is 604 g/mol. The van der Waals surface area contributed by atoms with Crippen LogP contribution in [-0.4, -0.2) is 89.0 Å². The number of carbonyl (C=O) groups excluding carboxylic acids is 1. The van der Waals surface area contributed by atoms with E-state index in [1.807, 2.05) is 41.1 Å². The molecule has 1 saturated carbocycles. The molecule has 43 heavy (non-hydrogen) atoms. The van der Waals surface area contributed by atoms with Crippen LogP contribution in [0.25, 0.3) is 16.7 Å². The van der Waals surface area contributed by atoms with Crippen LogP contribution >= 0.6 is 0 Å². The molecule has 0 bridgehead atoms. The molecule has 2 aromatic heterocycles. The number of nitrogens with zero attached hydrogens (tertiary/aromatic N) is 5. The Bertz CT molecular complexity index is 1630. The van der Waals surface area contributed by atoms with E-state index < -0.39 is 9.84 Å². The number of ether oxygens (including phenoxy) is 1. The topological polar surface area (TPSA) is 97.6 Å². The summed E-state index contributed by atoms with van der Waals surface area (Å²) in [5.74, 6) is 9.69. The number of hydrogen-bond acceptors (Lipinski definition) is 7. The van der Waals surface area contributed by atoms with Crippen molar-refractivity contribution in [2.45, 2.75) is 52.0 Å². The third-order valence-corrected chi connectivity index (χ3v) is 11.2. The van der Waals surface area contributed by atoms with Gasteiger partial charge in [0.25, 0.3) is 0 Å². The van der Waals surface area contributed by atoms with Gasteiger partial charge in [-0.15, -0.1) is 0 Å². The molecular weight excluding hydrogens is 562 g/mol. The first-order valence-electron chi connectivity index (χ1n) is 15.6. The highest BCUT2D eigenvalue weighted by molar-refractivity contribution is 7.91. The second-order valence-electron chi connectivity index (χ2n) is 12.3. The van der Waals surface area contributed by atoms with Gasteiger partial charge in [-0.25, -0.2) is 18.4 Å². The van der Waals surface area contributed by atoms with Gasteiger partial charge in [-0.05, 0) is 75.8 Å². The fraction of sp³-hybridized carbons (Fsp3) is 0.545. The standard InChI is InChI=1S/C33H41N5O4S/c1-3-36-18-19-37(21-24(36)2)33(39)27-10-7-25(8-11-27)9-12-31-34-16-13-32(35-31)38-17-14-28-29(38)5-4-6-30(28)42-22-26-15-20-43(40,41)23-26/h4-6,13-14,16-17,24-27H,3,7-8,10-11,15,18-23H2,1-2H3/t24-,25?,26?,27?/m1/s1. The number of rotatable bonds is 6. The van der Waals surface area contributed by atoms with Gasteiger partial charge in [-0.3, -0.25) is 9.69 Å². The summed E-state index contributed by atoms with van der Waals surface area (Å²) in [7, 11) is -2.93. The predicted octanol–water partition coefficient (Wildman–Crippen LogP) is 3.94. The Morgan fingerprint density at radius 2 is 1.93 bits per heavy atom. The zero-order chi connectivity index (χ0) is 30.0. The third kappa shape index (κ3) is 6.73. The third-order valence-electron chi connectivity index (χ3n) is 9.33. The average Bonchev–Trinajstić information content (AvgIpc) is 3.62. The van der Waals surface area contributed by atoms with Crippen LogP contribution in [0, 0.1) is 29.6 Å². The SMILES string of the molecule is CCN1CCN(C(=O)C2CCC(C#Cc3nccc(-n4ccc5c(OCC6CCS(=O)(=O)C6)cccc54)n3)CC2)C[C@H]1C. The fourth-order valence-electron chi connectivity index (χ4n) is 6.79. The van der Waals surface area contributed by atoms with Crippen LogP contribution in [0.5, 0.6) is 5.75 Å². The van der Waals surface area contributed by atoms with E-state index in [2.05, 4.69) is 40.5 Å². The molecule has 2 atom stereocenters. The van der Waals surface area contributed by atoms with E-state index >= 15 is 0 Å². The monoisotopic (exact) mass is 603 g/mol. The molecule has 1 amide bonds. The Morgan fingerprint density at radius 3 is 2.67 bits per heavy atom. The lowest BCUT2D eigenvalue weighted by Crippen LogP contribution is -2.54. The highest BCUT2D eigenvalue weighted by atomic mass is 32.2. The summed E-state index contributed by atoms with van der Waals surface area (Å²) in [6.45, 7) is 8.46. The molecule has 4 heterocycles. The van der Waals surface area contributed by atoms with Crippen LogP contribution in [0.1, 0.15) is 51.8 Å². The maximum absolute atomic E-state index is 13.2. The summed E-state index contributed by atoms with van der Waals surface area (Å²) in [5.41, 5.74) is 0.947. The van der Waals surface area contributed by atoms with Crippen LogP contribution in [0.15, 0.2) is 42.7 Å². The van der Waals surface area contributed by atoms with Crippen LogP contribution in [0.3, 0.4) is 0 Å². The Balaban J connectivity index is 1.07. The Kier molecular flexibility index (Phi) is 8.73. The van der Waals surface area contributed by atoms with Crippen molar-refractivity contribution in [3.63, 3.8) is 0 Å². The lowest BCUT2D eigenvalue weighted by molar-refractivity contribution is -0.139. The van der Waals surface area contributed by atoms with Gasteiger partial charge in [0.15, 0.2) is 9.84 Å². The van der Waals surface area contributed by atoms with Gasteiger partial charge in [0, 0.05) is 61.2 Å². The quantitative estimate of drug-likeness (QED) is 0.394. The number of sulfone groups is 1. The first-order valence-corrected chi connectivity index (χ1v) is 17.4. The van der Waals surface area contributed by atoms with Crippen LogP contribution in [0.2, 0.25) is 0 Å². The molecule has 1 aliphatic carbocycles. The minimum Gasteiger partial charge on any atom is -0.493 e. The molecule has 0 spiro atoms. The molecule has 6 rings (SSSR count). The maximum Gasteiger partial charge on any atom is 0.225 e. The van der Waals surface area contributed by atoms with Gasteiger partial charge < -0.3 is 14.2 Å². The van der Waals surface area contributed by atoms with Gasteiger partial charge >= 0.3 is 0 Å². The van der Waals surface area contributed by atoms with Crippen LogP contribution in [0.4, 0.5) is 0 Å². The first-order chi connectivity index (χ1) is 20.8. The summed E-state index contributed by atoms with van der Waals surface area (Å²) < 4.78 is 31.7. The zero-order valence-corrected chi connectivity index (χ0v) is 25.9. The van der Waals surface area contributed by atoms with E-state index in [9.17, 15) is 13.2 Å². The van der Waals surface area contributed by atoms with E-state index in [1.165, 1.54) is 0 Å². The summed E-state index contributed by atoms with van der Waals surface area (Å²) >= 11 is 0. The highest BCUT2D eigenvalue weighted by Crippen LogP contribution is 2.31. The Hall–Kier alpha value is -3.42. The molecule has 3 aliphatic rings.